The third-order valence-corrected chi connectivity index (χ3v) is 6.04. The Hall–Kier alpha value is -2.54. The molecule has 0 spiro atoms. The quantitative estimate of drug-likeness (QED) is 0.482. The number of nitrogens with zero attached hydrogens (tertiary/aromatic N) is 1. The lowest BCUT2D eigenvalue weighted by Crippen LogP contribution is -2.70. The minimum Gasteiger partial charge on any atom is -0.453 e. The number of carbonyl (C=O) groups is 3. The van der Waals surface area contributed by atoms with Crippen LogP contribution in [-0.2, 0) is 25.5 Å². The zero-order valence-electron chi connectivity index (χ0n) is 14.0. The summed E-state index contributed by atoms with van der Waals surface area (Å²) in [7, 11) is 0. The van der Waals surface area contributed by atoms with Gasteiger partial charge in [0.1, 0.15) is 23.2 Å². The van der Waals surface area contributed by atoms with Crippen LogP contribution in [0.2, 0.25) is 0 Å². The number of β-lactam (4-membered cyclic amide) rings is 1. The number of cyclic esters (lactones) is 1. The Bertz CT molecular complexity index is 820. The predicted octanol–water partition coefficient (Wildman–Crippen LogP) is 1.38. The number of ether oxygens (including phenoxy) is 1. The van der Waals surface area contributed by atoms with Crippen molar-refractivity contribution in [1.29, 1.82) is 0 Å². The van der Waals surface area contributed by atoms with E-state index in [4.69, 9.17) is 4.74 Å². The van der Waals surface area contributed by atoms with Crippen LogP contribution in [0.4, 0.5) is 0 Å². The van der Waals surface area contributed by atoms with Crippen molar-refractivity contribution in [3.05, 3.63) is 59.8 Å². The Kier molecular flexibility index (Phi) is 4.32. The van der Waals surface area contributed by atoms with Gasteiger partial charge >= 0.3 is 5.97 Å². The molecular formula is C19H18N2O4S. The highest BCUT2D eigenvalue weighted by Gasteiger charge is 2.56. The number of amides is 2. The second-order valence-corrected chi connectivity index (χ2v) is 7.51. The van der Waals surface area contributed by atoms with Gasteiger partial charge in [0.25, 0.3) is 5.91 Å². The largest absolute Gasteiger partial charge is 0.453 e. The molecular weight excluding hydrogens is 352 g/mol. The van der Waals surface area contributed by atoms with Gasteiger partial charge in [0.05, 0.1) is 6.42 Å². The summed E-state index contributed by atoms with van der Waals surface area (Å²) in [6, 6.07) is 8.77. The lowest BCUT2D eigenvalue weighted by molar-refractivity contribution is -0.151. The SMILES string of the molecule is C=CC[C@@H]1OC(=O)C2=C1CS[C@@H]1[C@H](NC(=O)Cc3ccccc3)C(=O)N21. The molecule has 6 nitrogen and oxygen atoms in total. The second-order valence-electron chi connectivity index (χ2n) is 6.41. The van der Waals surface area contributed by atoms with Gasteiger partial charge in [-0.3, -0.25) is 14.5 Å². The monoisotopic (exact) mass is 370 g/mol. The van der Waals surface area contributed by atoms with Crippen LogP contribution in [0.5, 0.6) is 0 Å². The van der Waals surface area contributed by atoms with Crippen molar-refractivity contribution in [2.75, 3.05) is 5.75 Å². The third-order valence-electron chi connectivity index (χ3n) is 4.73. The first-order chi connectivity index (χ1) is 12.6. The first-order valence-electron chi connectivity index (χ1n) is 8.43. The van der Waals surface area contributed by atoms with Crippen molar-refractivity contribution in [2.45, 2.75) is 30.4 Å². The molecule has 0 aliphatic carbocycles. The topological polar surface area (TPSA) is 75.7 Å². The van der Waals surface area contributed by atoms with Crippen LogP contribution in [0.15, 0.2) is 54.3 Å². The van der Waals surface area contributed by atoms with E-state index >= 15 is 0 Å². The average Bonchev–Trinajstić information content (AvgIpc) is 2.95. The van der Waals surface area contributed by atoms with Gasteiger partial charge in [0.2, 0.25) is 5.91 Å². The molecule has 0 radical (unpaired) electrons. The molecule has 2 amide bonds. The first-order valence-corrected chi connectivity index (χ1v) is 9.48. The molecule has 7 heteroatoms. The van der Waals surface area contributed by atoms with Gasteiger partial charge in [-0.25, -0.2) is 4.79 Å². The number of benzene rings is 1. The summed E-state index contributed by atoms with van der Waals surface area (Å²) in [6.07, 6.45) is 2.13. The summed E-state index contributed by atoms with van der Waals surface area (Å²) in [4.78, 5) is 38.5. The number of hydrogen-bond acceptors (Lipinski definition) is 5. The van der Waals surface area contributed by atoms with Gasteiger partial charge in [-0.1, -0.05) is 36.4 Å². The van der Waals surface area contributed by atoms with E-state index in [1.54, 1.807) is 17.8 Å². The molecule has 1 aromatic carbocycles. The summed E-state index contributed by atoms with van der Waals surface area (Å²) >= 11 is 1.55. The van der Waals surface area contributed by atoms with E-state index < -0.39 is 12.0 Å². The maximum absolute atomic E-state index is 12.6. The summed E-state index contributed by atoms with van der Waals surface area (Å²) in [5.74, 6) is -0.306. The summed E-state index contributed by atoms with van der Waals surface area (Å²) in [6.45, 7) is 3.68. The maximum atomic E-state index is 12.6. The highest BCUT2D eigenvalue weighted by molar-refractivity contribution is 8.00. The number of rotatable bonds is 5. The molecule has 1 aromatic rings. The average molecular weight is 370 g/mol. The van der Waals surface area contributed by atoms with Gasteiger partial charge in [-0.05, 0) is 5.56 Å². The smallest absolute Gasteiger partial charge is 0.355 e. The molecule has 3 heterocycles. The predicted molar refractivity (Wildman–Crippen MR) is 96.9 cm³/mol. The minimum absolute atomic E-state index is 0.201. The Morgan fingerprint density at radius 1 is 1.35 bits per heavy atom. The number of esters is 1. The van der Waals surface area contributed by atoms with Crippen molar-refractivity contribution in [3.63, 3.8) is 0 Å². The van der Waals surface area contributed by atoms with Gasteiger partial charge < -0.3 is 10.1 Å². The molecule has 0 unspecified atom stereocenters. The summed E-state index contributed by atoms with van der Waals surface area (Å²) in [5, 5.41) is 2.55. The van der Waals surface area contributed by atoms with Crippen molar-refractivity contribution in [2.24, 2.45) is 0 Å². The molecule has 1 fully saturated rings. The van der Waals surface area contributed by atoms with E-state index in [2.05, 4.69) is 11.9 Å². The normalized spacial score (nSPS) is 26.6. The van der Waals surface area contributed by atoms with Gasteiger partial charge in [0.15, 0.2) is 0 Å². The zero-order chi connectivity index (χ0) is 18.3. The van der Waals surface area contributed by atoms with Crippen LogP contribution in [-0.4, -0.2) is 46.0 Å². The fourth-order valence-corrected chi connectivity index (χ4v) is 4.89. The van der Waals surface area contributed by atoms with E-state index in [0.29, 0.717) is 17.9 Å². The van der Waals surface area contributed by atoms with E-state index in [0.717, 1.165) is 11.1 Å². The lowest BCUT2D eigenvalue weighted by Gasteiger charge is -2.48. The molecule has 3 aliphatic rings. The Morgan fingerprint density at radius 2 is 2.12 bits per heavy atom. The number of fused-ring (bicyclic) bond motifs is 2. The molecule has 1 N–H and O–H groups in total. The standard InChI is InChI=1S/C19H18N2O4S/c1-2-6-13-12-10-26-18-15(17(23)21(18)16(12)19(24)25-13)20-14(22)9-11-7-4-3-5-8-11/h2-5,7-8,13,15,18H,1,6,9-10H2,(H,20,22)/t13-,15+,18+/m0/s1. The molecule has 134 valence electrons. The van der Waals surface area contributed by atoms with Crippen LogP contribution < -0.4 is 5.32 Å². The Labute approximate surface area is 155 Å². The van der Waals surface area contributed by atoms with E-state index in [1.165, 1.54) is 4.90 Å². The fraction of sp³-hybridized carbons (Fsp3) is 0.316. The van der Waals surface area contributed by atoms with E-state index in [1.807, 2.05) is 30.3 Å². The van der Waals surface area contributed by atoms with Crippen LogP contribution in [0.25, 0.3) is 0 Å². The highest BCUT2D eigenvalue weighted by atomic mass is 32.2. The minimum atomic E-state index is -0.600. The summed E-state index contributed by atoms with van der Waals surface area (Å²) in [5.41, 5.74) is 2.10. The number of thioether (sulfide) groups is 1. The molecule has 26 heavy (non-hydrogen) atoms. The summed E-state index contributed by atoms with van der Waals surface area (Å²) < 4.78 is 5.37. The Balaban J connectivity index is 1.45. The first kappa shape index (κ1) is 16.9. The molecule has 3 aliphatic heterocycles. The van der Waals surface area contributed by atoms with Crippen LogP contribution in [0.3, 0.4) is 0 Å². The second kappa shape index (κ2) is 6.64. The molecule has 0 aromatic heterocycles. The fourth-order valence-electron chi connectivity index (χ4n) is 3.48. The van der Waals surface area contributed by atoms with Gasteiger partial charge in [0, 0.05) is 17.7 Å². The maximum Gasteiger partial charge on any atom is 0.355 e. The molecule has 3 atom stereocenters. The molecule has 1 saturated heterocycles. The van der Waals surface area contributed by atoms with Crippen LogP contribution in [0.1, 0.15) is 12.0 Å². The van der Waals surface area contributed by atoms with E-state index in [-0.39, 0.29) is 29.7 Å². The molecule has 4 rings (SSSR count). The third kappa shape index (κ3) is 2.72. The zero-order valence-corrected chi connectivity index (χ0v) is 14.8. The lowest BCUT2D eigenvalue weighted by atomic mass is 10.0. The van der Waals surface area contributed by atoms with Crippen LogP contribution in [0, 0.1) is 0 Å². The van der Waals surface area contributed by atoms with E-state index in [9.17, 15) is 14.4 Å². The van der Waals surface area contributed by atoms with Crippen molar-refractivity contribution in [1.82, 2.24) is 10.2 Å². The molecule has 0 bridgehead atoms. The molecule has 0 saturated carbocycles. The van der Waals surface area contributed by atoms with Gasteiger partial charge in [-0.2, -0.15) is 0 Å². The highest BCUT2D eigenvalue weighted by Crippen LogP contribution is 2.44. The van der Waals surface area contributed by atoms with Crippen molar-refractivity contribution < 1.29 is 19.1 Å². The van der Waals surface area contributed by atoms with Crippen LogP contribution >= 0.6 is 11.8 Å². The number of nitrogens with one attached hydrogen (secondary N) is 1. The number of carbonyl (C=O) groups excluding carboxylic acids is 3. The Morgan fingerprint density at radius 3 is 2.85 bits per heavy atom. The number of hydrogen-bond donors (Lipinski definition) is 1. The van der Waals surface area contributed by atoms with Crippen molar-refractivity contribution in [3.8, 4) is 0 Å². The van der Waals surface area contributed by atoms with Crippen molar-refractivity contribution >= 4 is 29.5 Å². The van der Waals surface area contributed by atoms with Gasteiger partial charge in [-0.15, -0.1) is 18.3 Å².